The molecular weight excluding hydrogens is 367 g/mol. The lowest BCUT2D eigenvalue weighted by Crippen LogP contribution is -2.04. The zero-order valence-electron chi connectivity index (χ0n) is 10.3. The van der Waals surface area contributed by atoms with E-state index in [9.17, 15) is 4.79 Å². The summed E-state index contributed by atoms with van der Waals surface area (Å²) in [6.07, 6.45) is 0. The Morgan fingerprint density at radius 1 is 1.05 bits per heavy atom. The third-order valence-electron chi connectivity index (χ3n) is 3.16. The van der Waals surface area contributed by atoms with Crippen LogP contribution in [0.3, 0.4) is 0 Å². The number of carbonyl (C=O) groups excluding carboxylic acids is 1. The smallest absolute Gasteiger partial charge is 0.195 e. The molecule has 1 heterocycles. The molecule has 0 bridgehead atoms. The van der Waals surface area contributed by atoms with Crippen molar-refractivity contribution in [1.29, 1.82) is 0 Å². The number of thiophene rings is 1. The van der Waals surface area contributed by atoms with E-state index in [0.717, 1.165) is 30.3 Å². The number of ketones is 1. The van der Waals surface area contributed by atoms with Gasteiger partial charge in [0, 0.05) is 19.4 Å². The van der Waals surface area contributed by atoms with Crippen LogP contribution in [0.5, 0.6) is 0 Å². The molecule has 0 aliphatic heterocycles. The topological polar surface area (TPSA) is 17.1 Å². The second kappa shape index (κ2) is 5.06. The van der Waals surface area contributed by atoms with Gasteiger partial charge in [0.05, 0.1) is 0 Å². The third-order valence-corrected chi connectivity index (χ3v) is 5.56. The first-order valence-corrected chi connectivity index (χ1v) is 7.90. The van der Waals surface area contributed by atoms with E-state index in [1.54, 1.807) is 11.3 Å². The van der Waals surface area contributed by atoms with Gasteiger partial charge in [-0.3, -0.25) is 4.79 Å². The monoisotopic (exact) mass is 378 g/mol. The van der Waals surface area contributed by atoms with Crippen molar-refractivity contribution >= 4 is 49.8 Å². The highest BCUT2D eigenvalue weighted by Crippen LogP contribution is 2.28. The molecule has 0 aliphatic carbocycles. The van der Waals surface area contributed by atoms with Gasteiger partial charge in [-0.15, -0.1) is 11.3 Å². The highest BCUT2D eigenvalue weighted by atomic mass is 127. The maximum atomic E-state index is 12.7. The fourth-order valence-corrected chi connectivity index (χ4v) is 3.65. The van der Waals surface area contributed by atoms with Gasteiger partial charge in [-0.1, -0.05) is 24.3 Å². The van der Waals surface area contributed by atoms with E-state index >= 15 is 0 Å². The van der Waals surface area contributed by atoms with Crippen LogP contribution >= 0.6 is 33.9 Å². The van der Waals surface area contributed by atoms with Crippen molar-refractivity contribution in [2.75, 3.05) is 0 Å². The van der Waals surface area contributed by atoms with Crippen LogP contribution in [0.4, 0.5) is 0 Å². The molecule has 0 radical (unpaired) electrons. The highest BCUT2D eigenvalue weighted by Gasteiger charge is 2.16. The molecule has 1 aromatic heterocycles. The molecule has 19 heavy (non-hydrogen) atoms. The molecule has 2 aromatic carbocycles. The number of hydrogen-bond acceptors (Lipinski definition) is 2. The first-order chi connectivity index (χ1) is 9.18. The third kappa shape index (κ3) is 2.21. The summed E-state index contributed by atoms with van der Waals surface area (Å²) >= 11 is 3.88. The van der Waals surface area contributed by atoms with Crippen molar-refractivity contribution in [2.24, 2.45) is 0 Å². The van der Waals surface area contributed by atoms with Crippen molar-refractivity contribution in [3.8, 4) is 0 Å². The van der Waals surface area contributed by atoms with Crippen LogP contribution in [0, 0.1) is 10.5 Å². The molecule has 0 aliphatic rings. The van der Waals surface area contributed by atoms with Gasteiger partial charge < -0.3 is 0 Å². The Morgan fingerprint density at radius 3 is 2.63 bits per heavy atom. The normalized spacial score (nSPS) is 10.8. The van der Waals surface area contributed by atoms with Gasteiger partial charge in [0.2, 0.25) is 0 Å². The van der Waals surface area contributed by atoms with Crippen molar-refractivity contribution < 1.29 is 4.79 Å². The van der Waals surface area contributed by atoms with Crippen molar-refractivity contribution in [1.82, 2.24) is 0 Å². The zero-order chi connectivity index (χ0) is 13.4. The minimum atomic E-state index is 0.112. The fraction of sp³-hybridized carbons (Fsp3) is 0.0625. The van der Waals surface area contributed by atoms with Crippen molar-refractivity contribution in [3.63, 3.8) is 0 Å². The predicted molar refractivity (Wildman–Crippen MR) is 89.2 cm³/mol. The summed E-state index contributed by atoms with van der Waals surface area (Å²) in [5, 5.41) is 3.17. The summed E-state index contributed by atoms with van der Waals surface area (Å²) in [5.41, 5.74) is 2.74. The first kappa shape index (κ1) is 12.8. The van der Waals surface area contributed by atoms with Gasteiger partial charge in [0.15, 0.2) is 5.78 Å². The second-order valence-electron chi connectivity index (χ2n) is 4.41. The minimum Gasteiger partial charge on any atom is -0.289 e. The molecule has 1 nitrogen and oxygen atoms in total. The number of halogens is 1. The van der Waals surface area contributed by atoms with E-state index in [1.165, 1.54) is 0 Å². The van der Waals surface area contributed by atoms with Gasteiger partial charge in [0.25, 0.3) is 0 Å². The van der Waals surface area contributed by atoms with Crippen LogP contribution in [-0.4, -0.2) is 5.78 Å². The second-order valence-corrected chi connectivity index (χ2v) is 6.40. The average molecular weight is 378 g/mol. The predicted octanol–water partition coefficient (Wildman–Crippen LogP) is 5.05. The SMILES string of the molecule is Cc1cccc(C(=O)c2cccc3ccsc23)c1I. The van der Waals surface area contributed by atoms with Gasteiger partial charge in [-0.25, -0.2) is 0 Å². The highest BCUT2D eigenvalue weighted by molar-refractivity contribution is 14.1. The van der Waals surface area contributed by atoms with Crippen LogP contribution in [-0.2, 0) is 0 Å². The van der Waals surface area contributed by atoms with E-state index in [2.05, 4.69) is 28.7 Å². The van der Waals surface area contributed by atoms with Crippen LogP contribution in [0.2, 0.25) is 0 Å². The largest absolute Gasteiger partial charge is 0.289 e. The lowest BCUT2D eigenvalue weighted by atomic mass is 10.0. The van der Waals surface area contributed by atoms with E-state index in [0.29, 0.717) is 0 Å². The Balaban J connectivity index is 2.19. The molecule has 3 rings (SSSR count). The summed E-state index contributed by atoms with van der Waals surface area (Å²) < 4.78 is 2.11. The van der Waals surface area contributed by atoms with Crippen LogP contribution in [0.15, 0.2) is 47.8 Å². The molecule has 0 fully saturated rings. The summed E-state index contributed by atoms with van der Waals surface area (Å²) in [6, 6.07) is 13.8. The molecule has 0 saturated heterocycles. The molecule has 3 aromatic rings. The quantitative estimate of drug-likeness (QED) is 0.451. The molecule has 0 amide bonds. The number of aryl methyl sites for hydroxylation is 1. The molecular formula is C16H11IOS. The van der Waals surface area contributed by atoms with E-state index in [1.807, 2.05) is 48.7 Å². The molecule has 0 unspecified atom stereocenters. The maximum absolute atomic E-state index is 12.7. The van der Waals surface area contributed by atoms with Crippen LogP contribution in [0.1, 0.15) is 21.5 Å². The van der Waals surface area contributed by atoms with E-state index < -0.39 is 0 Å². The van der Waals surface area contributed by atoms with Gasteiger partial charge in [-0.05, 0) is 64.0 Å². The molecule has 0 atom stereocenters. The summed E-state index contributed by atoms with van der Waals surface area (Å²) in [5.74, 6) is 0.112. The summed E-state index contributed by atoms with van der Waals surface area (Å²) in [4.78, 5) is 12.7. The van der Waals surface area contributed by atoms with Crippen molar-refractivity contribution in [3.05, 3.63) is 68.1 Å². The van der Waals surface area contributed by atoms with Crippen LogP contribution < -0.4 is 0 Å². The molecule has 94 valence electrons. The summed E-state index contributed by atoms with van der Waals surface area (Å²) in [7, 11) is 0. The minimum absolute atomic E-state index is 0.112. The maximum Gasteiger partial charge on any atom is 0.195 e. The Morgan fingerprint density at radius 2 is 1.79 bits per heavy atom. The number of benzene rings is 2. The average Bonchev–Trinajstić information content (AvgIpc) is 2.89. The Bertz CT molecular complexity index is 773. The van der Waals surface area contributed by atoms with E-state index in [4.69, 9.17) is 0 Å². The van der Waals surface area contributed by atoms with Crippen molar-refractivity contribution in [2.45, 2.75) is 6.92 Å². The Kier molecular flexibility index (Phi) is 3.41. The standard InChI is InChI=1S/C16H11IOS/c1-10-4-2-6-12(14(10)17)15(18)13-7-3-5-11-8-9-19-16(11)13/h2-9H,1H3. The lowest BCUT2D eigenvalue weighted by Gasteiger charge is -2.07. The number of hydrogen-bond donors (Lipinski definition) is 0. The lowest BCUT2D eigenvalue weighted by molar-refractivity contribution is 0.103. The molecule has 0 saturated carbocycles. The van der Waals surface area contributed by atoms with E-state index in [-0.39, 0.29) is 5.78 Å². The Hall–Kier alpha value is -1.20. The number of carbonyl (C=O) groups is 1. The fourth-order valence-electron chi connectivity index (χ4n) is 2.14. The van der Waals surface area contributed by atoms with Crippen LogP contribution in [0.25, 0.3) is 10.1 Å². The summed E-state index contributed by atoms with van der Waals surface area (Å²) in [6.45, 7) is 2.03. The number of rotatable bonds is 2. The zero-order valence-corrected chi connectivity index (χ0v) is 13.3. The Labute approximate surface area is 129 Å². The molecule has 0 N–H and O–H groups in total. The molecule has 3 heteroatoms. The number of fused-ring (bicyclic) bond motifs is 1. The van der Waals surface area contributed by atoms with Gasteiger partial charge in [0.1, 0.15) is 0 Å². The van der Waals surface area contributed by atoms with Gasteiger partial charge >= 0.3 is 0 Å². The molecule has 0 spiro atoms. The van der Waals surface area contributed by atoms with Gasteiger partial charge in [-0.2, -0.15) is 0 Å². The first-order valence-electron chi connectivity index (χ1n) is 5.94.